The number of aryl methyl sites for hydroxylation is 2. The number of benzene rings is 1. The molecule has 0 aliphatic rings. The van der Waals surface area contributed by atoms with E-state index in [1.54, 1.807) is 41.7 Å². The van der Waals surface area contributed by atoms with Crippen molar-refractivity contribution in [3.05, 3.63) is 57.8 Å². The highest BCUT2D eigenvalue weighted by Crippen LogP contribution is 2.16. The molecule has 2 aromatic rings. The largest absolute Gasteiger partial charge is 0.351 e. The Balaban J connectivity index is 1.76. The molecule has 0 aliphatic heterocycles. The number of sulfonamides is 1. The van der Waals surface area contributed by atoms with Crippen LogP contribution in [0.2, 0.25) is 0 Å². The summed E-state index contributed by atoms with van der Waals surface area (Å²) in [4.78, 5) is 14.1. The number of nitrogens with one attached hydrogen (secondary N) is 2. The molecule has 24 heavy (non-hydrogen) atoms. The minimum atomic E-state index is -3.55. The molecule has 1 aromatic carbocycles. The van der Waals surface area contributed by atoms with Gasteiger partial charge in [-0.05, 0) is 44.2 Å². The van der Waals surface area contributed by atoms with Gasteiger partial charge in [0.25, 0.3) is 0 Å². The van der Waals surface area contributed by atoms with Crippen LogP contribution in [0.1, 0.15) is 15.3 Å². The van der Waals surface area contributed by atoms with Crippen molar-refractivity contribution in [3.8, 4) is 0 Å². The van der Waals surface area contributed by atoms with Gasteiger partial charge in [0.05, 0.1) is 4.90 Å². The highest BCUT2D eigenvalue weighted by Gasteiger charge is 2.12. The lowest BCUT2D eigenvalue weighted by atomic mass is 10.2. The minimum Gasteiger partial charge on any atom is -0.351 e. The summed E-state index contributed by atoms with van der Waals surface area (Å²) in [6.07, 6.45) is 3.18. The quantitative estimate of drug-likeness (QED) is 0.585. The molecule has 0 unspecified atom stereocenters. The first-order valence-electron chi connectivity index (χ1n) is 7.45. The monoisotopic (exact) mass is 364 g/mol. The van der Waals surface area contributed by atoms with E-state index in [1.165, 1.54) is 11.0 Å². The predicted octanol–water partition coefficient (Wildman–Crippen LogP) is 2.47. The molecule has 0 saturated carbocycles. The van der Waals surface area contributed by atoms with E-state index in [0.717, 1.165) is 10.4 Å². The van der Waals surface area contributed by atoms with E-state index < -0.39 is 10.0 Å². The summed E-state index contributed by atoms with van der Waals surface area (Å²) in [5.41, 5.74) is 0.994. The van der Waals surface area contributed by atoms with Gasteiger partial charge in [-0.2, -0.15) is 0 Å². The Bertz CT molecular complexity index is 822. The van der Waals surface area contributed by atoms with Gasteiger partial charge in [0.1, 0.15) is 0 Å². The van der Waals surface area contributed by atoms with Crippen LogP contribution in [-0.2, 0) is 14.8 Å². The van der Waals surface area contributed by atoms with E-state index in [4.69, 9.17) is 0 Å². The Morgan fingerprint density at radius 1 is 1.08 bits per heavy atom. The third kappa shape index (κ3) is 5.59. The maximum absolute atomic E-state index is 12.1. The van der Waals surface area contributed by atoms with Gasteiger partial charge >= 0.3 is 0 Å². The fourth-order valence-corrected chi connectivity index (χ4v) is 3.74. The van der Waals surface area contributed by atoms with Crippen molar-refractivity contribution in [1.29, 1.82) is 0 Å². The van der Waals surface area contributed by atoms with Crippen molar-refractivity contribution in [2.45, 2.75) is 18.7 Å². The van der Waals surface area contributed by atoms with Crippen LogP contribution in [0.15, 0.2) is 47.4 Å². The van der Waals surface area contributed by atoms with E-state index >= 15 is 0 Å². The Morgan fingerprint density at radius 2 is 1.79 bits per heavy atom. The van der Waals surface area contributed by atoms with Gasteiger partial charge in [-0.3, -0.25) is 4.79 Å². The summed E-state index contributed by atoms with van der Waals surface area (Å²) in [7, 11) is -3.55. The summed E-state index contributed by atoms with van der Waals surface area (Å²) in [5.74, 6) is -0.254. The van der Waals surface area contributed by atoms with Gasteiger partial charge in [-0.15, -0.1) is 11.3 Å². The molecular weight excluding hydrogens is 344 g/mol. The maximum Gasteiger partial charge on any atom is 0.244 e. The van der Waals surface area contributed by atoms with Crippen molar-refractivity contribution in [2.24, 2.45) is 0 Å². The van der Waals surface area contributed by atoms with Crippen LogP contribution >= 0.6 is 11.3 Å². The molecular formula is C17H20N2O3S2. The maximum atomic E-state index is 12.1. The summed E-state index contributed by atoms with van der Waals surface area (Å²) in [6, 6.07) is 10.5. The molecule has 0 aliphatic carbocycles. The number of carbonyl (C=O) groups excluding carboxylic acids is 1. The highest BCUT2D eigenvalue weighted by molar-refractivity contribution is 7.89. The third-order valence-electron chi connectivity index (χ3n) is 3.21. The molecule has 1 aromatic heterocycles. The number of amides is 1. The molecule has 0 saturated heterocycles. The molecule has 5 nitrogen and oxygen atoms in total. The molecule has 0 spiro atoms. The van der Waals surface area contributed by atoms with Gasteiger partial charge in [0.15, 0.2) is 0 Å². The molecule has 2 N–H and O–H groups in total. The van der Waals surface area contributed by atoms with E-state index in [0.29, 0.717) is 0 Å². The first-order chi connectivity index (χ1) is 11.4. The Morgan fingerprint density at radius 3 is 2.42 bits per heavy atom. The molecule has 128 valence electrons. The van der Waals surface area contributed by atoms with Crippen molar-refractivity contribution < 1.29 is 13.2 Å². The normalized spacial score (nSPS) is 11.8. The second kappa shape index (κ2) is 8.23. The topological polar surface area (TPSA) is 75.3 Å². The Hall–Kier alpha value is -1.96. The predicted molar refractivity (Wildman–Crippen MR) is 97.5 cm³/mol. The number of rotatable bonds is 7. The van der Waals surface area contributed by atoms with Crippen molar-refractivity contribution in [3.63, 3.8) is 0 Å². The van der Waals surface area contributed by atoms with Crippen molar-refractivity contribution >= 4 is 33.3 Å². The van der Waals surface area contributed by atoms with Crippen LogP contribution in [0.3, 0.4) is 0 Å². The lowest BCUT2D eigenvalue weighted by Gasteiger charge is -2.07. The molecule has 1 heterocycles. The lowest BCUT2D eigenvalue weighted by Crippen LogP contribution is -2.34. The average molecular weight is 364 g/mol. The number of thiophene rings is 1. The van der Waals surface area contributed by atoms with E-state index in [1.807, 2.05) is 26.0 Å². The van der Waals surface area contributed by atoms with Gasteiger partial charge in [0, 0.05) is 28.9 Å². The van der Waals surface area contributed by atoms with Crippen LogP contribution in [0.25, 0.3) is 6.08 Å². The molecule has 1 amide bonds. The molecule has 7 heteroatoms. The molecule has 0 bridgehead atoms. The lowest BCUT2D eigenvalue weighted by molar-refractivity contribution is -0.116. The Kier molecular flexibility index (Phi) is 6.30. The molecule has 2 rings (SSSR count). The second-order valence-corrected chi connectivity index (χ2v) is 8.37. The fraction of sp³-hybridized carbons (Fsp3) is 0.235. The number of hydrogen-bond acceptors (Lipinski definition) is 4. The average Bonchev–Trinajstić information content (AvgIpc) is 2.95. The van der Waals surface area contributed by atoms with Gasteiger partial charge in [0.2, 0.25) is 15.9 Å². The van der Waals surface area contributed by atoms with Crippen LogP contribution < -0.4 is 10.0 Å². The molecule has 0 radical (unpaired) electrons. The van der Waals surface area contributed by atoms with Crippen molar-refractivity contribution in [2.75, 3.05) is 13.1 Å². The van der Waals surface area contributed by atoms with Crippen LogP contribution in [0.4, 0.5) is 0 Å². The molecule has 0 atom stereocenters. The standard InChI is InChI=1S/C17H20N2O3S2/c1-13-3-8-16(9-4-13)24(21,22)19-12-11-18-17(20)10-7-15-6-5-14(2)23-15/h3-10,19H,11-12H2,1-2H3,(H,18,20). The summed E-state index contributed by atoms with van der Waals surface area (Å²) >= 11 is 1.60. The third-order valence-corrected chi connectivity index (χ3v) is 5.65. The second-order valence-electron chi connectivity index (χ2n) is 5.28. The Labute approximate surface area is 146 Å². The van der Waals surface area contributed by atoms with Crippen LogP contribution in [0, 0.1) is 13.8 Å². The van der Waals surface area contributed by atoms with Gasteiger partial charge in [-0.1, -0.05) is 17.7 Å². The minimum absolute atomic E-state index is 0.133. The van der Waals surface area contributed by atoms with E-state index in [-0.39, 0.29) is 23.9 Å². The summed E-state index contributed by atoms with van der Waals surface area (Å²) in [5, 5.41) is 2.64. The zero-order chi connectivity index (χ0) is 17.6. The van der Waals surface area contributed by atoms with E-state index in [2.05, 4.69) is 10.0 Å². The fourth-order valence-electron chi connectivity index (χ4n) is 1.93. The molecule has 0 fully saturated rings. The van der Waals surface area contributed by atoms with Crippen molar-refractivity contribution in [1.82, 2.24) is 10.0 Å². The summed E-state index contributed by atoms with van der Waals surface area (Å²) in [6.45, 7) is 4.25. The zero-order valence-corrected chi connectivity index (χ0v) is 15.2. The van der Waals surface area contributed by atoms with E-state index in [9.17, 15) is 13.2 Å². The highest BCUT2D eigenvalue weighted by atomic mass is 32.2. The number of hydrogen-bond donors (Lipinski definition) is 2. The van der Waals surface area contributed by atoms with Gasteiger partial charge < -0.3 is 5.32 Å². The summed E-state index contributed by atoms with van der Waals surface area (Å²) < 4.78 is 26.6. The van der Waals surface area contributed by atoms with Gasteiger partial charge in [-0.25, -0.2) is 13.1 Å². The van der Waals surface area contributed by atoms with Crippen LogP contribution in [-0.4, -0.2) is 27.4 Å². The SMILES string of the molecule is Cc1ccc(S(=O)(=O)NCCNC(=O)C=Cc2ccc(C)s2)cc1. The number of carbonyl (C=O) groups is 1. The smallest absolute Gasteiger partial charge is 0.244 e. The first-order valence-corrected chi connectivity index (χ1v) is 9.75. The zero-order valence-electron chi connectivity index (χ0n) is 13.6. The first kappa shape index (κ1) is 18.4. The van der Waals surface area contributed by atoms with Crippen LogP contribution in [0.5, 0.6) is 0 Å².